The van der Waals surface area contributed by atoms with Crippen molar-refractivity contribution >= 4 is 26.9 Å². The van der Waals surface area contributed by atoms with Crippen LogP contribution in [0.2, 0.25) is 0 Å². The second-order valence-electron chi connectivity index (χ2n) is 3.96. The van der Waals surface area contributed by atoms with Gasteiger partial charge < -0.3 is 9.73 Å². The van der Waals surface area contributed by atoms with Crippen LogP contribution in [0.5, 0.6) is 0 Å². The van der Waals surface area contributed by atoms with E-state index in [9.17, 15) is 0 Å². The molecule has 0 atom stereocenters. The molecule has 0 saturated heterocycles. The largest absolute Gasteiger partial charge is 0.464 e. The minimum Gasteiger partial charge on any atom is -0.464 e. The Morgan fingerprint density at radius 2 is 2.19 bits per heavy atom. The number of fused-ring (bicyclic) bond motifs is 1. The van der Waals surface area contributed by atoms with Gasteiger partial charge in [-0.05, 0) is 49.7 Å². The van der Waals surface area contributed by atoms with Crippen molar-refractivity contribution in [3.05, 3.63) is 34.0 Å². The van der Waals surface area contributed by atoms with E-state index in [-0.39, 0.29) is 0 Å². The fourth-order valence-corrected chi connectivity index (χ4v) is 2.48. The maximum absolute atomic E-state index is 5.62. The topological polar surface area (TPSA) is 25.2 Å². The molecule has 1 aromatic heterocycles. The van der Waals surface area contributed by atoms with E-state index in [0.717, 1.165) is 29.6 Å². The van der Waals surface area contributed by atoms with Gasteiger partial charge >= 0.3 is 0 Å². The highest BCUT2D eigenvalue weighted by molar-refractivity contribution is 9.10. The second-order valence-corrected chi connectivity index (χ2v) is 4.88. The lowest BCUT2D eigenvalue weighted by Gasteiger charge is -2.01. The van der Waals surface area contributed by atoms with Gasteiger partial charge in [0.25, 0.3) is 0 Å². The molecule has 2 aromatic rings. The van der Waals surface area contributed by atoms with E-state index in [0.29, 0.717) is 0 Å². The molecule has 0 aliphatic rings. The fraction of sp³-hybridized carbons (Fsp3) is 0.385. The van der Waals surface area contributed by atoms with Crippen LogP contribution in [0, 0.1) is 6.92 Å². The van der Waals surface area contributed by atoms with Crippen LogP contribution in [0.1, 0.15) is 18.1 Å². The fourth-order valence-electron chi connectivity index (χ4n) is 1.91. The van der Waals surface area contributed by atoms with Crippen molar-refractivity contribution in [1.29, 1.82) is 0 Å². The van der Waals surface area contributed by atoms with Crippen LogP contribution < -0.4 is 5.32 Å². The molecule has 0 aliphatic heterocycles. The summed E-state index contributed by atoms with van der Waals surface area (Å²) in [6, 6.07) is 4.22. The van der Waals surface area contributed by atoms with E-state index in [1.165, 1.54) is 16.5 Å². The van der Waals surface area contributed by atoms with Crippen molar-refractivity contribution in [2.45, 2.75) is 20.3 Å². The number of rotatable bonds is 4. The molecule has 0 fully saturated rings. The SMILES string of the molecule is CCNCCc1coc2c(C)cc(Br)cc12. The van der Waals surface area contributed by atoms with Crippen LogP contribution in [0.4, 0.5) is 0 Å². The highest BCUT2D eigenvalue weighted by atomic mass is 79.9. The summed E-state index contributed by atoms with van der Waals surface area (Å²) in [5.41, 5.74) is 3.47. The Balaban J connectivity index is 2.32. The van der Waals surface area contributed by atoms with E-state index in [1.54, 1.807) is 0 Å². The summed E-state index contributed by atoms with van der Waals surface area (Å²) in [4.78, 5) is 0. The van der Waals surface area contributed by atoms with Crippen LogP contribution in [0.3, 0.4) is 0 Å². The Morgan fingerprint density at radius 1 is 1.38 bits per heavy atom. The highest BCUT2D eigenvalue weighted by Crippen LogP contribution is 2.28. The van der Waals surface area contributed by atoms with Gasteiger partial charge in [0.2, 0.25) is 0 Å². The first-order valence-electron chi connectivity index (χ1n) is 5.59. The molecule has 1 heterocycles. The molecule has 0 radical (unpaired) electrons. The van der Waals surface area contributed by atoms with Gasteiger partial charge in [-0.1, -0.05) is 22.9 Å². The maximum atomic E-state index is 5.62. The highest BCUT2D eigenvalue weighted by Gasteiger charge is 2.08. The third-order valence-electron chi connectivity index (χ3n) is 2.73. The Bertz CT molecular complexity index is 490. The first-order chi connectivity index (χ1) is 7.72. The van der Waals surface area contributed by atoms with Crippen LogP contribution >= 0.6 is 15.9 Å². The van der Waals surface area contributed by atoms with Gasteiger partial charge in [-0.2, -0.15) is 0 Å². The number of likely N-dealkylation sites (N-methyl/N-ethyl adjacent to an activating group) is 1. The summed E-state index contributed by atoms with van der Waals surface area (Å²) in [7, 11) is 0. The molecule has 0 unspecified atom stereocenters. The average molecular weight is 282 g/mol. The van der Waals surface area contributed by atoms with Crippen LogP contribution in [0.25, 0.3) is 11.0 Å². The zero-order valence-electron chi connectivity index (χ0n) is 9.64. The predicted octanol–water partition coefficient (Wildman–Crippen LogP) is 3.66. The summed E-state index contributed by atoms with van der Waals surface area (Å²) in [5, 5.41) is 4.55. The Labute approximate surface area is 104 Å². The van der Waals surface area contributed by atoms with Crippen molar-refractivity contribution in [1.82, 2.24) is 5.32 Å². The van der Waals surface area contributed by atoms with Crippen molar-refractivity contribution < 1.29 is 4.42 Å². The quantitative estimate of drug-likeness (QED) is 0.866. The molecule has 0 spiro atoms. The van der Waals surface area contributed by atoms with E-state index in [1.807, 2.05) is 6.26 Å². The first-order valence-corrected chi connectivity index (χ1v) is 6.38. The standard InChI is InChI=1S/C13H16BrNO/c1-3-15-5-4-10-8-16-13-9(2)6-11(14)7-12(10)13/h6-8,15H,3-5H2,1-2H3. The Hall–Kier alpha value is -0.800. The molecule has 0 bridgehead atoms. The number of benzene rings is 1. The monoisotopic (exact) mass is 281 g/mol. The molecule has 0 aliphatic carbocycles. The van der Waals surface area contributed by atoms with Gasteiger partial charge in [0.1, 0.15) is 5.58 Å². The zero-order chi connectivity index (χ0) is 11.5. The van der Waals surface area contributed by atoms with Gasteiger partial charge in [0, 0.05) is 9.86 Å². The van der Waals surface area contributed by atoms with E-state index >= 15 is 0 Å². The normalized spacial score (nSPS) is 11.2. The lowest BCUT2D eigenvalue weighted by molar-refractivity contribution is 0.605. The minimum absolute atomic E-state index is 0.997. The lowest BCUT2D eigenvalue weighted by atomic mass is 10.1. The van der Waals surface area contributed by atoms with Gasteiger partial charge in [0.05, 0.1) is 6.26 Å². The minimum atomic E-state index is 0.997. The molecule has 2 rings (SSSR count). The van der Waals surface area contributed by atoms with Crippen LogP contribution in [-0.4, -0.2) is 13.1 Å². The molecular formula is C13H16BrNO. The molecule has 16 heavy (non-hydrogen) atoms. The lowest BCUT2D eigenvalue weighted by Crippen LogP contribution is -2.15. The smallest absolute Gasteiger partial charge is 0.137 e. The molecule has 2 nitrogen and oxygen atoms in total. The van der Waals surface area contributed by atoms with Crippen LogP contribution in [-0.2, 0) is 6.42 Å². The van der Waals surface area contributed by atoms with Crippen LogP contribution in [0.15, 0.2) is 27.3 Å². The second kappa shape index (κ2) is 5.02. The van der Waals surface area contributed by atoms with Crippen molar-refractivity contribution in [3.8, 4) is 0 Å². The molecule has 1 N–H and O–H groups in total. The summed E-state index contributed by atoms with van der Waals surface area (Å²) >= 11 is 3.53. The Kier molecular flexibility index (Phi) is 3.66. The van der Waals surface area contributed by atoms with E-state index < -0.39 is 0 Å². The summed E-state index contributed by atoms with van der Waals surface area (Å²) < 4.78 is 6.73. The molecule has 86 valence electrons. The average Bonchev–Trinajstić information content (AvgIpc) is 2.62. The molecular weight excluding hydrogens is 266 g/mol. The number of hydrogen-bond acceptors (Lipinski definition) is 2. The third kappa shape index (κ3) is 2.30. The molecule has 0 amide bonds. The van der Waals surface area contributed by atoms with E-state index in [2.05, 4.69) is 47.2 Å². The number of nitrogens with one attached hydrogen (secondary N) is 1. The zero-order valence-corrected chi connectivity index (χ0v) is 11.2. The first kappa shape index (κ1) is 11.7. The van der Waals surface area contributed by atoms with E-state index in [4.69, 9.17) is 4.42 Å². The van der Waals surface area contributed by atoms with Crippen molar-refractivity contribution in [2.75, 3.05) is 13.1 Å². The third-order valence-corrected chi connectivity index (χ3v) is 3.18. The van der Waals surface area contributed by atoms with Gasteiger partial charge in [0.15, 0.2) is 0 Å². The van der Waals surface area contributed by atoms with Crippen molar-refractivity contribution in [2.24, 2.45) is 0 Å². The number of aryl methyl sites for hydroxylation is 1. The summed E-state index contributed by atoms with van der Waals surface area (Å²) in [5.74, 6) is 0. The number of furan rings is 1. The Morgan fingerprint density at radius 3 is 2.94 bits per heavy atom. The summed E-state index contributed by atoms with van der Waals surface area (Å²) in [6.07, 6.45) is 2.89. The number of hydrogen-bond donors (Lipinski definition) is 1. The van der Waals surface area contributed by atoms with Crippen molar-refractivity contribution in [3.63, 3.8) is 0 Å². The van der Waals surface area contributed by atoms with Gasteiger partial charge in [-0.25, -0.2) is 0 Å². The molecule has 3 heteroatoms. The van der Waals surface area contributed by atoms with Gasteiger partial charge in [-0.15, -0.1) is 0 Å². The molecule has 1 aromatic carbocycles. The molecule has 0 saturated carbocycles. The maximum Gasteiger partial charge on any atom is 0.137 e. The number of halogens is 1. The predicted molar refractivity (Wildman–Crippen MR) is 70.9 cm³/mol. The van der Waals surface area contributed by atoms with Gasteiger partial charge in [-0.3, -0.25) is 0 Å². The summed E-state index contributed by atoms with van der Waals surface area (Å²) in [6.45, 7) is 6.20.